The Kier molecular flexibility index (Phi) is 3.58. The standard InChI is InChI=1S/C10H13ClN4O/c1-8(5-15-7-12-6-14-15)13-4-9-2-3-10(11)16-9/h2-3,6-8,13H,4-5H2,1H3. The van der Waals surface area contributed by atoms with E-state index in [0.29, 0.717) is 11.8 Å². The molecule has 0 saturated carbocycles. The maximum atomic E-state index is 5.67. The van der Waals surface area contributed by atoms with Crippen molar-refractivity contribution in [3.63, 3.8) is 0 Å². The largest absolute Gasteiger partial charge is 0.448 e. The molecule has 0 spiro atoms. The molecule has 86 valence electrons. The minimum Gasteiger partial charge on any atom is -0.448 e. The molecule has 5 nitrogen and oxygen atoms in total. The Morgan fingerprint density at radius 2 is 2.44 bits per heavy atom. The zero-order valence-corrected chi connectivity index (χ0v) is 9.68. The fraction of sp³-hybridized carbons (Fsp3) is 0.400. The van der Waals surface area contributed by atoms with E-state index in [-0.39, 0.29) is 6.04 Å². The summed E-state index contributed by atoms with van der Waals surface area (Å²) in [5.74, 6) is 0.829. The van der Waals surface area contributed by atoms with E-state index in [2.05, 4.69) is 22.3 Å². The van der Waals surface area contributed by atoms with Crippen LogP contribution in [-0.4, -0.2) is 20.8 Å². The molecule has 1 atom stereocenters. The number of rotatable bonds is 5. The maximum Gasteiger partial charge on any atom is 0.193 e. The van der Waals surface area contributed by atoms with Crippen molar-refractivity contribution in [1.82, 2.24) is 20.1 Å². The van der Waals surface area contributed by atoms with Crippen molar-refractivity contribution in [1.29, 1.82) is 0 Å². The van der Waals surface area contributed by atoms with Crippen LogP contribution < -0.4 is 5.32 Å². The zero-order valence-electron chi connectivity index (χ0n) is 8.93. The summed E-state index contributed by atoms with van der Waals surface area (Å²) in [5.41, 5.74) is 0. The molecule has 2 rings (SSSR count). The quantitative estimate of drug-likeness (QED) is 0.864. The van der Waals surface area contributed by atoms with Crippen LogP contribution in [0.1, 0.15) is 12.7 Å². The number of hydrogen-bond acceptors (Lipinski definition) is 4. The van der Waals surface area contributed by atoms with Gasteiger partial charge < -0.3 is 9.73 Å². The highest BCUT2D eigenvalue weighted by Crippen LogP contribution is 2.12. The molecule has 16 heavy (non-hydrogen) atoms. The lowest BCUT2D eigenvalue weighted by Crippen LogP contribution is -2.29. The second-order valence-electron chi connectivity index (χ2n) is 3.61. The third-order valence-corrected chi connectivity index (χ3v) is 2.38. The van der Waals surface area contributed by atoms with Crippen molar-refractivity contribution in [2.24, 2.45) is 0 Å². The molecule has 2 aromatic rings. The SMILES string of the molecule is CC(Cn1cncn1)NCc1ccc(Cl)o1. The molecule has 0 aliphatic rings. The average Bonchev–Trinajstić information content (AvgIpc) is 2.87. The van der Waals surface area contributed by atoms with Crippen LogP contribution in [0.15, 0.2) is 29.2 Å². The molecule has 0 aliphatic heterocycles. The van der Waals surface area contributed by atoms with E-state index < -0.39 is 0 Å². The van der Waals surface area contributed by atoms with Crippen molar-refractivity contribution in [3.05, 3.63) is 35.8 Å². The molecule has 0 bridgehead atoms. The number of hydrogen-bond donors (Lipinski definition) is 1. The first-order valence-electron chi connectivity index (χ1n) is 5.04. The van der Waals surface area contributed by atoms with Crippen LogP contribution in [-0.2, 0) is 13.1 Å². The minimum atomic E-state index is 0.283. The highest BCUT2D eigenvalue weighted by atomic mass is 35.5. The summed E-state index contributed by atoms with van der Waals surface area (Å²) < 4.78 is 7.02. The van der Waals surface area contributed by atoms with Crippen LogP contribution in [0.2, 0.25) is 5.22 Å². The number of nitrogens with one attached hydrogen (secondary N) is 1. The Bertz CT molecular complexity index is 426. The number of furan rings is 1. The highest BCUT2D eigenvalue weighted by Gasteiger charge is 2.05. The van der Waals surface area contributed by atoms with Gasteiger partial charge >= 0.3 is 0 Å². The molecule has 1 N–H and O–H groups in total. The second-order valence-corrected chi connectivity index (χ2v) is 3.98. The van der Waals surface area contributed by atoms with Crippen molar-refractivity contribution < 1.29 is 4.42 Å². The van der Waals surface area contributed by atoms with Gasteiger partial charge in [-0.2, -0.15) is 5.10 Å². The Balaban J connectivity index is 1.77. The molecule has 0 amide bonds. The fourth-order valence-electron chi connectivity index (χ4n) is 1.39. The number of aromatic nitrogens is 3. The summed E-state index contributed by atoms with van der Waals surface area (Å²) in [5, 5.41) is 7.76. The third-order valence-electron chi connectivity index (χ3n) is 2.18. The summed E-state index contributed by atoms with van der Waals surface area (Å²) in [6.45, 7) is 3.50. The predicted octanol–water partition coefficient (Wildman–Crippen LogP) is 1.70. The minimum absolute atomic E-state index is 0.283. The molecule has 2 heterocycles. The van der Waals surface area contributed by atoms with Crippen LogP contribution >= 0.6 is 11.6 Å². The summed E-state index contributed by atoms with van der Waals surface area (Å²) in [7, 11) is 0. The van der Waals surface area contributed by atoms with Gasteiger partial charge in [-0.1, -0.05) is 0 Å². The van der Waals surface area contributed by atoms with Gasteiger partial charge in [0.25, 0.3) is 0 Å². The van der Waals surface area contributed by atoms with Crippen molar-refractivity contribution in [3.8, 4) is 0 Å². The van der Waals surface area contributed by atoms with Gasteiger partial charge in [-0.25, -0.2) is 4.98 Å². The van der Waals surface area contributed by atoms with Crippen LogP contribution in [0.25, 0.3) is 0 Å². The molecule has 2 aromatic heterocycles. The molecule has 6 heteroatoms. The van der Waals surface area contributed by atoms with Crippen LogP contribution in [0.4, 0.5) is 0 Å². The van der Waals surface area contributed by atoms with Crippen LogP contribution in [0.5, 0.6) is 0 Å². The van der Waals surface area contributed by atoms with Gasteiger partial charge in [-0.3, -0.25) is 4.68 Å². The van der Waals surface area contributed by atoms with Gasteiger partial charge in [0.15, 0.2) is 5.22 Å². The summed E-state index contributed by atoms with van der Waals surface area (Å²) >= 11 is 5.67. The van der Waals surface area contributed by atoms with E-state index in [9.17, 15) is 0 Å². The third kappa shape index (κ3) is 3.08. The normalized spacial score (nSPS) is 12.9. The molecular weight excluding hydrogens is 228 g/mol. The molecule has 0 aliphatic carbocycles. The van der Waals surface area contributed by atoms with Gasteiger partial charge in [0.2, 0.25) is 0 Å². The predicted molar refractivity (Wildman–Crippen MR) is 60.0 cm³/mol. The molecule has 0 radical (unpaired) electrons. The van der Waals surface area contributed by atoms with Gasteiger partial charge in [0.1, 0.15) is 18.4 Å². The van der Waals surface area contributed by atoms with E-state index in [1.165, 1.54) is 6.33 Å². The van der Waals surface area contributed by atoms with E-state index >= 15 is 0 Å². The van der Waals surface area contributed by atoms with Crippen LogP contribution in [0, 0.1) is 0 Å². The lowest BCUT2D eigenvalue weighted by Gasteiger charge is -2.12. The first-order chi connectivity index (χ1) is 7.74. The molecule has 1 unspecified atom stereocenters. The van der Waals surface area contributed by atoms with E-state index in [0.717, 1.165) is 12.3 Å². The first kappa shape index (κ1) is 11.2. The van der Waals surface area contributed by atoms with Gasteiger partial charge in [-0.05, 0) is 30.7 Å². The Labute approximate surface area is 98.4 Å². The topological polar surface area (TPSA) is 55.9 Å². The second kappa shape index (κ2) is 5.14. The van der Waals surface area contributed by atoms with Gasteiger partial charge in [0, 0.05) is 6.04 Å². The van der Waals surface area contributed by atoms with Crippen molar-refractivity contribution in [2.45, 2.75) is 26.1 Å². The molecular formula is C10H13ClN4O. The van der Waals surface area contributed by atoms with E-state index in [4.69, 9.17) is 16.0 Å². The number of nitrogens with zero attached hydrogens (tertiary/aromatic N) is 3. The summed E-state index contributed by atoms with van der Waals surface area (Å²) in [4.78, 5) is 3.88. The molecule has 0 fully saturated rings. The van der Waals surface area contributed by atoms with Crippen molar-refractivity contribution in [2.75, 3.05) is 0 Å². The lowest BCUT2D eigenvalue weighted by molar-refractivity contribution is 0.415. The lowest BCUT2D eigenvalue weighted by atomic mass is 10.3. The Morgan fingerprint density at radius 3 is 3.06 bits per heavy atom. The van der Waals surface area contributed by atoms with Gasteiger partial charge in [-0.15, -0.1) is 0 Å². The maximum absolute atomic E-state index is 5.67. The van der Waals surface area contributed by atoms with E-state index in [1.807, 2.05) is 6.07 Å². The average molecular weight is 241 g/mol. The Morgan fingerprint density at radius 1 is 1.56 bits per heavy atom. The smallest absolute Gasteiger partial charge is 0.193 e. The zero-order chi connectivity index (χ0) is 11.4. The number of halogens is 1. The Hall–Kier alpha value is -1.33. The van der Waals surface area contributed by atoms with Crippen LogP contribution in [0.3, 0.4) is 0 Å². The van der Waals surface area contributed by atoms with E-state index in [1.54, 1.807) is 17.1 Å². The monoisotopic (exact) mass is 240 g/mol. The van der Waals surface area contributed by atoms with Crippen molar-refractivity contribution >= 4 is 11.6 Å². The summed E-state index contributed by atoms with van der Waals surface area (Å²) in [6, 6.07) is 3.88. The molecule has 0 aromatic carbocycles. The first-order valence-corrected chi connectivity index (χ1v) is 5.42. The summed E-state index contributed by atoms with van der Waals surface area (Å²) in [6.07, 6.45) is 3.22. The fourth-order valence-corrected chi connectivity index (χ4v) is 1.56. The van der Waals surface area contributed by atoms with Gasteiger partial charge in [0.05, 0.1) is 13.1 Å². The highest BCUT2D eigenvalue weighted by molar-refractivity contribution is 6.28. The molecule has 0 saturated heterocycles.